The number of hydrazine groups is 1. The fourth-order valence-electron chi connectivity index (χ4n) is 3.10. The van der Waals surface area contributed by atoms with Crippen LogP contribution in [0.3, 0.4) is 0 Å². The van der Waals surface area contributed by atoms with Crippen LogP contribution in [0.2, 0.25) is 0 Å². The highest BCUT2D eigenvalue weighted by Crippen LogP contribution is 2.33. The van der Waals surface area contributed by atoms with E-state index in [9.17, 15) is 0 Å². The van der Waals surface area contributed by atoms with Crippen molar-refractivity contribution in [2.45, 2.75) is 64.3 Å². The van der Waals surface area contributed by atoms with E-state index < -0.39 is 0 Å². The molecule has 1 heterocycles. The van der Waals surface area contributed by atoms with Gasteiger partial charge in [-0.05, 0) is 31.4 Å². The molecule has 6 heteroatoms. The zero-order valence-electron chi connectivity index (χ0n) is 15.0. The lowest BCUT2D eigenvalue weighted by Crippen LogP contribution is -2.31. The number of aromatic nitrogens is 2. The van der Waals surface area contributed by atoms with E-state index in [0.717, 1.165) is 34.5 Å². The van der Waals surface area contributed by atoms with Gasteiger partial charge < -0.3 is 4.74 Å². The maximum Gasteiger partial charge on any atom is 0.220 e. The summed E-state index contributed by atoms with van der Waals surface area (Å²) in [4.78, 5) is 0. The van der Waals surface area contributed by atoms with Crippen molar-refractivity contribution >= 4 is 16.5 Å². The first-order chi connectivity index (χ1) is 12.4. The number of unbranched alkanes of at least 4 members (excludes halogenated alkanes) is 3. The molecule has 2 N–H and O–H groups in total. The van der Waals surface area contributed by atoms with Gasteiger partial charge in [0, 0.05) is 6.04 Å². The SMILES string of the molecule is CCCCCCOc1ccccc1-c1nnc(NNC2CCCC2)s1. The van der Waals surface area contributed by atoms with E-state index in [0.29, 0.717) is 6.04 Å². The summed E-state index contributed by atoms with van der Waals surface area (Å²) >= 11 is 1.56. The van der Waals surface area contributed by atoms with Crippen LogP contribution in [0.15, 0.2) is 24.3 Å². The normalized spacial score (nSPS) is 14.8. The lowest BCUT2D eigenvalue weighted by atomic mass is 10.2. The van der Waals surface area contributed by atoms with Gasteiger partial charge in [-0.25, -0.2) is 5.43 Å². The third kappa shape index (κ3) is 5.41. The van der Waals surface area contributed by atoms with Crippen LogP contribution in [0.25, 0.3) is 10.6 Å². The van der Waals surface area contributed by atoms with Gasteiger partial charge in [-0.1, -0.05) is 62.5 Å². The number of hydrogen-bond acceptors (Lipinski definition) is 6. The molecule has 1 aromatic carbocycles. The molecule has 1 aliphatic carbocycles. The number of benzene rings is 1. The molecule has 0 aliphatic heterocycles. The Morgan fingerprint density at radius 3 is 2.80 bits per heavy atom. The molecule has 0 atom stereocenters. The van der Waals surface area contributed by atoms with Crippen LogP contribution in [-0.2, 0) is 0 Å². The Bertz CT molecular complexity index is 640. The zero-order valence-corrected chi connectivity index (χ0v) is 15.8. The average molecular weight is 361 g/mol. The fraction of sp³-hybridized carbons (Fsp3) is 0.579. The molecule has 1 aromatic heterocycles. The Labute approximate surface area is 154 Å². The Hall–Kier alpha value is -1.66. The molecule has 0 radical (unpaired) electrons. The molecule has 136 valence electrons. The van der Waals surface area contributed by atoms with Crippen LogP contribution in [0.1, 0.15) is 58.3 Å². The second-order valence-corrected chi connectivity index (χ2v) is 7.55. The molecule has 0 saturated heterocycles. The summed E-state index contributed by atoms with van der Waals surface area (Å²) in [7, 11) is 0. The predicted molar refractivity (Wildman–Crippen MR) is 104 cm³/mol. The first-order valence-corrected chi connectivity index (χ1v) is 10.3. The number of anilines is 1. The molecule has 25 heavy (non-hydrogen) atoms. The molecule has 3 rings (SSSR count). The average Bonchev–Trinajstić information content (AvgIpc) is 3.32. The molecule has 1 saturated carbocycles. The van der Waals surface area contributed by atoms with Crippen molar-refractivity contribution < 1.29 is 4.74 Å². The minimum Gasteiger partial charge on any atom is -0.493 e. The standard InChI is InChI=1S/C19H28N4OS/c1-2-3-4-9-14-24-17-13-8-7-12-16(17)18-21-23-19(25-18)22-20-15-10-5-6-11-15/h7-8,12-13,15,20H,2-6,9-11,14H2,1H3,(H,22,23). The molecule has 0 unspecified atom stereocenters. The van der Waals surface area contributed by atoms with Gasteiger partial charge in [0.1, 0.15) is 5.75 Å². The van der Waals surface area contributed by atoms with E-state index in [1.807, 2.05) is 18.2 Å². The zero-order chi connectivity index (χ0) is 17.3. The Morgan fingerprint density at radius 2 is 1.96 bits per heavy atom. The van der Waals surface area contributed by atoms with Gasteiger partial charge in [0.15, 0.2) is 5.01 Å². The topological polar surface area (TPSA) is 59.1 Å². The maximum absolute atomic E-state index is 5.99. The molecule has 1 aliphatic rings. The van der Waals surface area contributed by atoms with E-state index in [4.69, 9.17) is 4.74 Å². The van der Waals surface area contributed by atoms with Crippen molar-refractivity contribution in [3.8, 4) is 16.3 Å². The van der Waals surface area contributed by atoms with Gasteiger partial charge in [-0.3, -0.25) is 5.43 Å². The Balaban J connectivity index is 1.57. The second-order valence-electron chi connectivity index (χ2n) is 6.57. The van der Waals surface area contributed by atoms with Crippen LogP contribution in [0, 0.1) is 0 Å². The van der Waals surface area contributed by atoms with Crippen LogP contribution in [-0.4, -0.2) is 22.8 Å². The van der Waals surface area contributed by atoms with Gasteiger partial charge in [-0.15, -0.1) is 10.2 Å². The summed E-state index contributed by atoms with van der Waals surface area (Å²) < 4.78 is 5.99. The van der Waals surface area contributed by atoms with Crippen molar-refractivity contribution in [1.29, 1.82) is 0 Å². The molecule has 0 bridgehead atoms. The number of nitrogens with zero attached hydrogens (tertiary/aromatic N) is 2. The highest BCUT2D eigenvalue weighted by molar-refractivity contribution is 7.18. The van der Waals surface area contributed by atoms with E-state index >= 15 is 0 Å². The van der Waals surface area contributed by atoms with Gasteiger partial charge in [-0.2, -0.15) is 0 Å². The van der Waals surface area contributed by atoms with E-state index in [2.05, 4.69) is 34.0 Å². The maximum atomic E-state index is 5.99. The Kier molecular flexibility index (Phi) is 7.06. The summed E-state index contributed by atoms with van der Waals surface area (Å²) in [6.07, 6.45) is 9.90. The Morgan fingerprint density at radius 1 is 1.12 bits per heavy atom. The van der Waals surface area contributed by atoms with Crippen LogP contribution in [0.5, 0.6) is 5.75 Å². The molecular formula is C19H28N4OS. The first kappa shape index (κ1) is 18.1. The first-order valence-electron chi connectivity index (χ1n) is 9.44. The number of rotatable bonds is 10. The highest BCUT2D eigenvalue weighted by Gasteiger charge is 2.16. The predicted octanol–water partition coefficient (Wildman–Crippen LogP) is 5.02. The number of nitrogens with one attached hydrogen (secondary N) is 2. The smallest absolute Gasteiger partial charge is 0.220 e. The summed E-state index contributed by atoms with van der Waals surface area (Å²) in [6.45, 7) is 2.98. The lowest BCUT2D eigenvalue weighted by Gasteiger charge is -2.11. The van der Waals surface area contributed by atoms with Crippen molar-refractivity contribution in [2.75, 3.05) is 12.0 Å². The lowest BCUT2D eigenvalue weighted by molar-refractivity contribution is 0.306. The van der Waals surface area contributed by atoms with E-state index in [-0.39, 0.29) is 0 Å². The summed E-state index contributed by atoms with van der Waals surface area (Å²) in [5.41, 5.74) is 7.59. The van der Waals surface area contributed by atoms with E-state index in [1.54, 1.807) is 11.3 Å². The van der Waals surface area contributed by atoms with Crippen LogP contribution >= 0.6 is 11.3 Å². The molecular weight excluding hydrogens is 332 g/mol. The van der Waals surface area contributed by atoms with Crippen LogP contribution in [0.4, 0.5) is 5.13 Å². The van der Waals surface area contributed by atoms with Crippen LogP contribution < -0.4 is 15.6 Å². The van der Waals surface area contributed by atoms with Gasteiger partial charge in [0.25, 0.3) is 0 Å². The largest absolute Gasteiger partial charge is 0.493 e. The minimum atomic E-state index is 0.547. The summed E-state index contributed by atoms with van der Waals surface area (Å²) in [5.74, 6) is 0.894. The highest BCUT2D eigenvalue weighted by atomic mass is 32.1. The summed E-state index contributed by atoms with van der Waals surface area (Å²) in [6, 6.07) is 8.64. The van der Waals surface area contributed by atoms with E-state index in [1.165, 1.54) is 44.9 Å². The summed E-state index contributed by atoms with van der Waals surface area (Å²) in [5, 5.41) is 10.3. The number of para-hydroxylation sites is 1. The second kappa shape index (κ2) is 9.73. The van der Waals surface area contributed by atoms with Gasteiger partial charge in [0.2, 0.25) is 5.13 Å². The molecule has 2 aromatic rings. The van der Waals surface area contributed by atoms with Gasteiger partial charge >= 0.3 is 0 Å². The van der Waals surface area contributed by atoms with Gasteiger partial charge in [0.05, 0.1) is 12.2 Å². The minimum absolute atomic E-state index is 0.547. The van der Waals surface area contributed by atoms with Crippen molar-refractivity contribution in [1.82, 2.24) is 15.6 Å². The molecule has 0 spiro atoms. The molecule has 5 nitrogen and oxygen atoms in total. The third-order valence-corrected chi connectivity index (χ3v) is 5.41. The molecule has 0 amide bonds. The monoisotopic (exact) mass is 360 g/mol. The van der Waals surface area contributed by atoms with Crippen molar-refractivity contribution in [3.63, 3.8) is 0 Å². The quantitative estimate of drug-likeness (QED) is 0.460. The number of ether oxygens (including phenoxy) is 1. The molecule has 1 fully saturated rings. The number of hydrogen-bond donors (Lipinski definition) is 2. The fourth-order valence-corrected chi connectivity index (χ4v) is 3.83. The van der Waals surface area contributed by atoms with Crippen molar-refractivity contribution in [2.24, 2.45) is 0 Å². The van der Waals surface area contributed by atoms with Crippen molar-refractivity contribution in [3.05, 3.63) is 24.3 Å². The third-order valence-electron chi connectivity index (χ3n) is 4.54.